The van der Waals surface area contributed by atoms with E-state index >= 15 is 0 Å². The second-order valence-electron chi connectivity index (χ2n) is 8.74. The number of nitrogens with two attached hydrogens (primary N) is 1. The number of fused-ring (bicyclic) bond motifs is 1. The van der Waals surface area contributed by atoms with Gasteiger partial charge in [0.15, 0.2) is 5.75 Å². The number of anilines is 1. The Balaban J connectivity index is 1.70. The average Bonchev–Trinajstić information content (AvgIpc) is 3.16. The summed E-state index contributed by atoms with van der Waals surface area (Å²) in [6.45, 7) is 7.91. The highest BCUT2D eigenvalue weighted by Crippen LogP contribution is 2.32. The summed E-state index contributed by atoms with van der Waals surface area (Å²) in [5.41, 5.74) is 9.72. The van der Waals surface area contributed by atoms with Crippen LogP contribution in [0.5, 0.6) is 5.75 Å². The maximum absolute atomic E-state index is 12.1. The summed E-state index contributed by atoms with van der Waals surface area (Å²) in [6.07, 6.45) is 6.70. The van der Waals surface area contributed by atoms with Gasteiger partial charge in [0.2, 0.25) is 0 Å². The summed E-state index contributed by atoms with van der Waals surface area (Å²) in [4.78, 5) is 24.5. The third-order valence-corrected chi connectivity index (χ3v) is 5.80. The molecular formula is C23H29N7O2. The van der Waals surface area contributed by atoms with Gasteiger partial charge in [-0.1, -0.05) is 0 Å². The quantitative estimate of drug-likeness (QED) is 0.618. The van der Waals surface area contributed by atoms with Crippen LogP contribution in [0.2, 0.25) is 0 Å². The third-order valence-electron chi connectivity index (χ3n) is 5.80. The van der Waals surface area contributed by atoms with Crippen LogP contribution in [-0.2, 0) is 6.54 Å². The zero-order valence-electron chi connectivity index (χ0n) is 18.8. The first-order chi connectivity index (χ1) is 15.3. The molecule has 4 heterocycles. The standard InChI is InChI=1S/C23H29N7O2/c1-23(24)7-9-29(10-8-23)20-6-5-16(13-26-20)19-11-18(32-22(31)28(3)4)15-30-21(19)17(12-25-2)14-27-30/h5-6,11,13-15H,2,7-10,12,24H2,1,3-4H3. The third kappa shape index (κ3) is 4.43. The number of ether oxygens (including phenoxy) is 1. The molecule has 1 amide bonds. The van der Waals surface area contributed by atoms with Crippen LogP contribution in [0.3, 0.4) is 0 Å². The molecule has 0 radical (unpaired) electrons. The lowest BCUT2D eigenvalue weighted by atomic mass is 9.91. The summed E-state index contributed by atoms with van der Waals surface area (Å²) in [6, 6.07) is 5.89. The Morgan fingerprint density at radius 2 is 2.06 bits per heavy atom. The molecule has 1 fully saturated rings. The van der Waals surface area contributed by atoms with E-state index in [1.807, 2.05) is 24.4 Å². The van der Waals surface area contributed by atoms with Crippen molar-refractivity contribution in [2.24, 2.45) is 10.7 Å². The predicted octanol–water partition coefficient (Wildman–Crippen LogP) is 2.97. The maximum Gasteiger partial charge on any atom is 0.414 e. The number of nitrogens with zero attached hydrogens (tertiary/aromatic N) is 6. The highest BCUT2D eigenvalue weighted by atomic mass is 16.6. The van der Waals surface area contributed by atoms with E-state index in [9.17, 15) is 4.79 Å². The number of piperidine rings is 1. The normalized spacial score (nSPS) is 15.6. The van der Waals surface area contributed by atoms with Gasteiger partial charge in [0.25, 0.3) is 0 Å². The van der Waals surface area contributed by atoms with E-state index in [-0.39, 0.29) is 5.54 Å². The highest BCUT2D eigenvalue weighted by Gasteiger charge is 2.26. The van der Waals surface area contributed by atoms with Crippen LogP contribution in [0, 0.1) is 0 Å². The first-order valence-electron chi connectivity index (χ1n) is 10.6. The molecule has 3 aromatic heterocycles. The number of carbonyl (C=O) groups excluding carboxylic acids is 1. The molecule has 32 heavy (non-hydrogen) atoms. The number of aromatic nitrogens is 3. The molecule has 9 heteroatoms. The van der Waals surface area contributed by atoms with Gasteiger partial charge in [0, 0.05) is 55.6 Å². The Hall–Kier alpha value is -3.46. The van der Waals surface area contributed by atoms with Crippen molar-refractivity contribution in [3.63, 3.8) is 0 Å². The lowest BCUT2D eigenvalue weighted by Gasteiger charge is -2.37. The van der Waals surface area contributed by atoms with Crippen molar-refractivity contribution >= 4 is 24.1 Å². The average molecular weight is 436 g/mol. The van der Waals surface area contributed by atoms with Crippen molar-refractivity contribution in [3.05, 3.63) is 42.4 Å². The number of aliphatic imine (C=N–C) groups is 1. The Morgan fingerprint density at radius 1 is 1.31 bits per heavy atom. The minimum Gasteiger partial charge on any atom is -0.409 e. The fourth-order valence-electron chi connectivity index (χ4n) is 3.84. The number of pyridine rings is 2. The second kappa shape index (κ2) is 8.58. The minimum atomic E-state index is -0.457. The first kappa shape index (κ1) is 21.8. The van der Waals surface area contributed by atoms with Crippen LogP contribution in [0.4, 0.5) is 10.6 Å². The van der Waals surface area contributed by atoms with Gasteiger partial charge in [-0.15, -0.1) is 0 Å². The molecule has 0 aromatic carbocycles. The van der Waals surface area contributed by atoms with Crippen molar-refractivity contribution in [2.75, 3.05) is 32.1 Å². The number of hydrogen-bond donors (Lipinski definition) is 1. The smallest absolute Gasteiger partial charge is 0.409 e. The molecule has 9 nitrogen and oxygen atoms in total. The van der Waals surface area contributed by atoms with Crippen molar-refractivity contribution in [3.8, 4) is 16.9 Å². The van der Waals surface area contributed by atoms with E-state index in [1.165, 1.54) is 4.90 Å². The van der Waals surface area contributed by atoms with Crippen molar-refractivity contribution in [2.45, 2.75) is 31.8 Å². The maximum atomic E-state index is 12.1. The number of rotatable bonds is 5. The lowest BCUT2D eigenvalue weighted by Crippen LogP contribution is -2.48. The summed E-state index contributed by atoms with van der Waals surface area (Å²) in [5, 5.41) is 4.42. The Kier molecular flexibility index (Phi) is 5.84. The number of amides is 1. The van der Waals surface area contributed by atoms with Crippen LogP contribution < -0.4 is 15.4 Å². The van der Waals surface area contributed by atoms with E-state index in [4.69, 9.17) is 15.5 Å². The van der Waals surface area contributed by atoms with Gasteiger partial charge in [-0.2, -0.15) is 5.10 Å². The summed E-state index contributed by atoms with van der Waals surface area (Å²) < 4.78 is 7.21. The van der Waals surface area contributed by atoms with Crippen LogP contribution in [0.15, 0.2) is 41.8 Å². The SMILES string of the molecule is C=NCc1cnn2cc(OC(=O)N(C)C)cc(-c3ccc(N4CCC(C)(N)CC4)nc3)c12. The minimum absolute atomic E-state index is 0.107. The fourth-order valence-corrected chi connectivity index (χ4v) is 3.84. The summed E-state index contributed by atoms with van der Waals surface area (Å²) in [5.74, 6) is 1.33. The molecule has 0 atom stereocenters. The van der Waals surface area contributed by atoms with Gasteiger partial charge in [0.1, 0.15) is 5.82 Å². The Labute approximate surface area is 187 Å². The van der Waals surface area contributed by atoms with Crippen LogP contribution >= 0.6 is 0 Å². The highest BCUT2D eigenvalue weighted by molar-refractivity contribution is 5.84. The first-order valence-corrected chi connectivity index (χ1v) is 10.6. The Morgan fingerprint density at radius 3 is 2.69 bits per heavy atom. The van der Waals surface area contributed by atoms with Crippen LogP contribution in [-0.4, -0.2) is 65.0 Å². The topological polar surface area (TPSA) is 101 Å². The molecule has 1 saturated heterocycles. The molecule has 1 aliphatic rings. The number of carbonyl (C=O) groups is 1. The Bertz CT molecular complexity index is 1130. The molecule has 2 N–H and O–H groups in total. The van der Waals surface area contributed by atoms with E-state index < -0.39 is 6.09 Å². The van der Waals surface area contributed by atoms with Gasteiger partial charge in [-0.3, -0.25) is 4.99 Å². The largest absolute Gasteiger partial charge is 0.414 e. The van der Waals surface area contributed by atoms with Crippen molar-refractivity contribution in [1.82, 2.24) is 19.5 Å². The fraction of sp³-hybridized carbons (Fsp3) is 0.391. The molecule has 0 bridgehead atoms. The van der Waals surface area contributed by atoms with E-state index in [1.54, 1.807) is 31.0 Å². The molecule has 0 saturated carbocycles. The monoisotopic (exact) mass is 435 g/mol. The van der Waals surface area contributed by atoms with Crippen molar-refractivity contribution < 1.29 is 9.53 Å². The zero-order chi connectivity index (χ0) is 22.9. The van der Waals surface area contributed by atoms with Crippen LogP contribution in [0.25, 0.3) is 16.6 Å². The number of hydrogen-bond acceptors (Lipinski definition) is 7. The molecular weight excluding hydrogens is 406 g/mol. The van der Waals surface area contributed by atoms with E-state index in [0.29, 0.717) is 12.3 Å². The lowest BCUT2D eigenvalue weighted by molar-refractivity contribution is 0.171. The summed E-state index contributed by atoms with van der Waals surface area (Å²) in [7, 11) is 3.28. The second-order valence-corrected chi connectivity index (χ2v) is 8.74. The van der Waals surface area contributed by atoms with E-state index in [0.717, 1.165) is 54.0 Å². The molecule has 0 spiro atoms. The predicted molar refractivity (Wildman–Crippen MR) is 125 cm³/mol. The van der Waals surface area contributed by atoms with Crippen LogP contribution in [0.1, 0.15) is 25.3 Å². The van der Waals surface area contributed by atoms with Crippen molar-refractivity contribution in [1.29, 1.82) is 0 Å². The van der Waals surface area contributed by atoms with Gasteiger partial charge in [0.05, 0.1) is 24.5 Å². The van der Waals surface area contributed by atoms with Gasteiger partial charge < -0.3 is 20.3 Å². The molecule has 0 unspecified atom stereocenters. The van der Waals surface area contributed by atoms with Gasteiger partial charge >= 0.3 is 6.09 Å². The van der Waals surface area contributed by atoms with Gasteiger partial charge in [-0.05, 0) is 44.7 Å². The molecule has 3 aromatic rings. The molecule has 1 aliphatic heterocycles. The summed E-state index contributed by atoms with van der Waals surface area (Å²) >= 11 is 0. The molecule has 0 aliphatic carbocycles. The van der Waals surface area contributed by atoms with E-state index in [2.05, 4.69) is 28.6 Å². The van der Waals surface area contributed by atoms with Gasteiger partial charge in [-0.25, -0.2) is 14.3 Å². The molecule has 168 valence electrons. The molecule has 4 rings (SSSR count). The zero-order valence-corrected chi connectivity index (χ0v) is 18.8.